The number of hydrogen-bond acceptors (Lipinski definition) is 4. The molecule has 160 valence electrons. The van der Waals surface area contributed by atoms with Crippen LogP contribution in [0.1, 0.15) is 45.5 Å². The van der Waals surface area contributed by atoms with E-state index in [2.05, 4.69) is 0 Å². The fourth-order valence-electron chi connectivity index (χ4n) is 6.02. The minimum absolute atomic E-state index is 0.0457. The van der Waals surface area contributed by atoms with E-state index in [0.29, 0.717) is 22.6 Å². The fraction of sp³-hybridized carbons (Fsp3) is 0.286. The third kappa shape index (κ3) is 2.82. The van der Waals surface area contributed by atoms with Crippen LogP contribution in [0, 0.1) is 24.7 Å². The van der Waals surface area contributed by atoms with Crippen molar-refractivity contribution in [3.05, 3.63) is 89.5 Å². The van der Waals surface area contributed by atoms with Gasteiger partial charge in [0.2, 0.25) is 0 Å². The molecule has 6 rings (SSSR count). The lowest BCUT2D eigenvalue weighted by Crippen LogP contribution is -2.50. The van der Waals surface area contributed by atoms with E-state index in [4.69, 9.17) is 9.47 Å². The van der Waals surface area contributed by atoms with Gasteiger partial charge in [0.15, 0.2) is 23.1 Å². The highest BCUT2D eigenvalue weighted by atomic mass is 16.5. The number of benzene rings is 3. The van der Waals surface area contributed by atoms with Crippen LogP contribution in [-0.4, -0.2) is 17.2 Å². The van der Waals surface area contributed by atoms with Crippen molar-refractivity contribution in [1.29, 1.82) is 0 Å². The Morgan fingerprint density at radius 2 is 1.47 bits per heavy atom. The maximum atomic E-state index is 13.6. The third-order valence-electron chi connectivity index (χ3n) is 7.43. The van der Waals surface area contributed by atoms with Crippen molar-refractivity contribution in [2.45, 2.75) is 31.8 Å². The minimum atomic E-state index is -0.664. The Hall–Kier alpha value is -3.40. The molecular weight excluding hydrogens is 400 g/mol. The van der Waals surface area contributed by atoms with Crippen LogP contribution in [0.2, 0.25) is 0 Å². The second-order valence-electron chi connectivity index (χ2n) is 9.31. The van der Waals surface area contributed by atoms with Crippen molar-refractivity contribution in [3.63, 3.8) is 0 Å². The summed E-state index contributed by atoms with van der Waals surface area (Å²) in [6, 6.07) is 22.7. The zero-order chi connectivity index (χ0) is 21.9. The van der Waals surface area contributed by atoms with Gasteiger partial charge in [-0.15, -0.1) is 0 Å². The molecular formula is C28H24O4. The Balaban J connectivity index is 1.36. The molecule has 2 bridgehead atoms. The molecule has 4 atom stereocenters. The average molecular weight is 424 g/mol. The quantitative estimate of drug-likeness (QED) is 0.513. The highest BCUT2D eigenvalue weighted by Crippen LogP contribution is 2.60. The molecule has 0 aliphatic heterocycles. The molecule has 2 fully saturated rings. The summed E-state index contributed by atoms with van der Waals surface area (Å²) in [4.78, 5) is 26.9. The summed E-state index contributed by atoms with van der Waals surface area (Å²) in [7, 11) is 0. The third-order valence-corrected chi connectivity index (χ3v) is 7.43. The summed E-state index contributed by atoms with van der Waals surface area (Å²) < 4.78 is 12.8. The first-order chi connectivity index (χ1) is 15.6. The topological polar surface area (TPSA) is 52.6 Å². The molecule has 0 aromatic heterocycles. The first-order valence-corrected chi connectivity index (χ1v) is 11.3. The Morgan fingerprint density at radius 3 is 2.22 bits per heavy atom. The Kier molecular flexibility index (Phi) is 4.26. The van der Waals surface area contributed by atoms with E-state index in [1.54, 1.807) is 12.1 Å². The van der Waals surface area contributed by atoms with E-state index in [0.717, 1.165) is 30.6 Å². The number of fused-ring (bicyclic) bond motifs is 6. The summed E-state index contributed by atoms with van der Waals surface area (Å²) in [5.41, 5.74) is 1.61. The van der Waals surface area contributed by atoms with Crippen LogP contribution in [0.25, 0.3) is 0 Å². The van der Waals surface area contributed by atoms with E-state index in [9.17, 15) is 9.59 Å². The van der Waals surface area contributed by atoms with Crippen LogP contribution in [0.5, 0.6) is 17.2 Å². The van der Waals surface area contributed by atoms with Crippen LogP contribution >= 0.6 is 0 Å². The number of rotatable bonds is 4. The Labute approximate surface area is 187 Å². The van der Waals surface area contributed by atoms with Gasteiger partial charge in [-0.25, -0.2) is 0 Å². The molecule has 3 aliphatic carbocycles. The SMILES string of the molecule is Cc1ccc(Oc2ccccc2OC23CCC(C2)C2C(=O)c4ccccc4C(=O)C23)cc1. The number of Topliss-reactive ketones (excluding diaryl/α,β-unsaturated/α-hetero) is 2. The Morgan fingerprint density at radius 1 is 0.812 bits per heavy atom. The van der Waals surface area contributed by atoms with Gasteiger partial charge in [-0.1, -0.05) is 54.1 Å². The number of ether oxygens (including phenoxy) is 2. The van der Waals surface area contributed by atoms with Crippen molar-refractivity contribution >= 4 is 11.6 Å². The second-order valence-corrected chi connectivity index (χ2v) is 9.31. The van der Waals surface area contributed by atoms with E-state index >= 15 is 0 Å². The van der Waals surface area contributed by atoms with Gasteiger partial charge in [0.25, 0.3) is 0 Å². The molecule has 4 heteroatoms. The van der Waals surface area contributed by atoms with Gasteiger partial charge in [-0.3, -0.25) is 9.59 Å². The molecule has 0 spiro atoms. The molecule has 4 nitrogen and oxygen atoms in total. The van der Waals surface area contributed by atoms with Crippen LogP contribution in [-0.2, 0) is 0 Å². The molecule has 2 saturated carbocycles. The number of carbonyl (C=O) groups excluding carboxylic acids is 2. The van der Waals surface area contributed by atoms with Crippen LogP contribution in [0.3, 0.4) is 0 Å². The predicted molar refractivity (Wildman–Crippen MR) is 120 cm³/mol. The van der Waals surface area contributed by atoms with E-state index in [1.165, 1.54) is 0 Å². The summed E-state index contributed by atoms with van der Waals surface area (Å²) in [5, 5.41) is 0. The van der Waals surface area contributed by atoms with Gasteiger partial charge in [-0.05, 0) is 56.4 Å². The van der Waals surface area contributed by atoms with Gasteiger partial charge in [0, 0.05) is 17.0 Å². The summed E-state index contributed by atoms with van der Waals surface area (Å²) in [5.74, 6) is 1.59. The van der Waals surface area contributed by atoms with E-state index in [-0.39, 0.29) is 23.4 Å². The fourth-order valence-corrected chi connectivity index (χ4v) is 6.02. The number of carbonyl (C=O) groups is 2. The molecule has 0 saturated heterocycles. The molecule has 0 N–H and O–H groups in total. The molecule has 0 heterocycles. The molecule has 0 amide bonds. The molecule has 3 aliphatic rings. The first-order valence-electron chi connectivity index (χ1n) is 11.3. The van der Waals surface area contributed by atoms with Gasteiger partial charge in [0.1, 0.15) is 11.4 Å². The average Bonchev–Trinajstić information content (AvgIpc) is 3.37. The Bertz CT molecular complexity index is 1230. The summed E-state index contributed by atoms with van der Waals surface area (Å²) in [6.07, 6.45) is 2.41. The van der Waals surface area contributed by atoms with Crippen molar-refractivity contribution in [2.75, 3.05) is 0 Å². The first kappa shape index (κ1) is 19.3. The van der Waals surface area contributed by atoms with E-state index < -0.39 is 11.5 Å². The maximum Gasteiger partial charge on any atom is 0.171 e. The maximum absolute atomic E-state index is 13.6. The number of aryl methyl sites for hydroxylation is 1. The van der Waals surface area contributed by atoms with Crippen LogP contribution in [0.4, 0.5) is 0 Å². The predicted octanol–water partition coefficient (Wildman–Crippen LogP) is 6.03. The molecule has 3 aromatic rings. The lowest BCUT2D eigenvalue weighted by atomic mass is 9.66. The van der Waals surface area contributed by atoms with Crippen molar-refractivity contribution in [1.82, 2.24) is 0 Å². The zero-order valence-corrected chi connectivity index (χ0v) is 17.9. The highest BCUT2D eigenvalue weighted by molar-refractivity contribution is 6.17. The number of hydrogen-bond donors (Lipinski definition) is 0. The van der Waals surface area contributed by atoms with Crippen LogP contribution < -0.4 is 9.47 Å². The van der Waals surface area contributed by atoms with Crippen molar-refractivity contribution in [2.24, 2.45) is 17.8 Å². The molecule has 4 unspecified atom stereocenters. The lowest BCUT2D eigenvalue weighted by Gasteiger charge is -2.40. The van der Waals surface area contributed by atoms with E-state index in [1.807, 2.05) is 67.6 Å². The monoisotopic (exact) mass is 424 g/mol. The van der Waals surface area contributed by atoms with Gasteiger partial charge < -0.3 is 9.47 Å². The largest absolute Gasteiger partial charge is 0.483 e. The van der Waals surface area contributed by atoms with Crippen LogP contribution in [0.15, 0.2) is 72.8 Å². The lowest BCUT2D eigenvalue weighted by molar-refractivity contribution is 0.0103. The minimum Gasteiger partial charge on any atom is -0.483 e. The zero-order valence-electron chi connectivity index (χ0n) is 17.9. The molecule has 0 radical (unpaired) electrons. The molecule has 32 heavy (non-hydrogen) atoms. The van der Waals surface area contributed by atoms with Gasteiger partial charge >= 0.3 is 0 Å². The summed E-state index contributed by atoms with van der Waals surface area (Å²) in [6.45, 7) is 2.04. The summed E-state index contributed by atoms with van der Waals surface area (Å²) >= 11 is 0. The van der Waals surface area contributed by atoms with Crippen molar-refractivity contribution in [3.8, 4) is 17.2 Å². The second kappa shape index (κ2) is 7.06. The molecule has 3 aromatic carbocycles. The number of para-hydroxylation sites is 2. The van der Waals surface area contributed by atoms with Crippen molar-refractivity contribution < 1.29 is 19.1 Å². The smallest absolute Gasteiger partial charge is 0.171 e. The number of ketones is 2. The normalized spacial score (nSPS) is 27.7. The highest BCUT2D eigenvalue weighted by Gasteiger charge is 2.66. The van der Waals surface area contributed by atoms with Gasteiger partial charge in [-0.2, -0.15) is 0 Å². The van der Waals surface area contributed by atoms with Gasteiger partial charge in [0.05, 0.1) is 5.92 Å². The standard InChI is InChI=1S/C28H24O4/c1-17-10-12-19(13-11-17)31-22-8-4-5-9-23(22)32-28-15-14-18(16-28)24-25(28)27(30)21-7-3-2-6-20(21)26(24)29/h2-13,18,24-25H,14-16H2,1H3.